The molecule has 0 aliphatic carbocycles. The molecular formula is C20H22FNO6. The number of carbonyl (C=O) groups excluding carboxylic acids is 2. The van der Waals surface area contributed by atoms with Gasteiger partial charge in [-0.3, -0.25) is 9.59 Å². The second kappa shape index (κ2) is 6.92. The van der Waals surface area contributed by atoms with Crippen LogP contribution >= 0.6 is 0 Å². The van der Waals surface area contributed by atoms with E-state index in [0.29, 0.717) is 5.56 Å². The summed E-state index contributed by atoms with van der Waals surface area (Å²) in [6.45, 7) is 6.70. The number of halogens is 1. The van der Waals surface area contributed by atoms with Crippen LogP contribution in [0.25, 0.3) is 0 Å². The zero-order valence-corrected chi connectivity index (χ0v) is 15.7. The fraction of sp³-hybridized carbons (Fsp3) is 0.450. The summed E-state index contributed by atoms with van der Waals surface area (Å²) in [6.07, 6.45) is 0.635. The molecule has 0 saturated carbocycles. The molecule has 2 unspecified atom stereocenters. The number of rotatable bonds is 3. The number of amides is 1. The molecule has 2 saturated heterocycles. The van der Waals surface area contributed by atoms with E-state index in [9.17, 15) is 23.9 Å². The Morgan fingerprint density at radius 2 is 1.82 bits per heavy atom. The Kier molecular flexibility index (Phi) is 4.91. The lowest BCUT2D eigenvalue weighted by molar-refractivity contribution is -0.244. The van der Waals surface area contributed by atoms with Gasteiger partial charge in [-0.15, -0.1) is 6.58 Å². The van der Waals surface area contributed by atoms with Crippen LogP contribution in [0.15, 0.2) is 36.9 Å². The highest BCUT2D eigenvalue weighted by Crippen LogP contribution is 2.47. The first-order valence-electron chi connectivity index (χ1n) is 8.93. The minimum atomic E-state index is -1.38. The number of piperidine rings is 1. The Morgan fingerprint density at radius 3 is 2.32 bits per heavy atom. The van der Waals surface area contributed by atoms with Gasteiger partial charge in [0.05, 0.1) is 6.04 Å². The van der Waals surface area contributed by atoms with Gasteiger partial charge in [-0.05, 0) is 30.5 Å². The van der Waals surface area contributed by atoms with Crippen LogP contribution in [-0.4, -0.2) is 46.4 Å². The third-order valence-electron chi connectivity index (χ3n) is 5.43. The molecule has 0 aromatic heterocycles. The molecule has 0 spiro atoms. The molecule has 2 atom stereocenters. The highest BCUT2D eigenvalue weighted by atomic mass is 19.1. The molecule has 2 aliphatic rings. The molecule has 150 valence electrons. The summed E-state index contributed by atoms with van der Waals surface area (Å²) in [5.41, 5.74) is -0.562. The molecule has 0 radical (unpaired) electrons. The second-order valence-corrected chi connectivity index (χ2v) is 7.57. The summed E-state index contributed by atoms with van der Waals surface area (Å²) in [7, 11) is 0. The number of benzene rings is 1. The number of carbonyl (C=O) groups is 3. The summed E-state index contributed by atoms with van der Waals surface area (Å²) < 4.78 is 24.1. The predicted molar refractivity (Wildman–Crippen MR) is 95.8 cm³/mol. The average molecular weight is 391 g/mol. The molecule has 1 aromatic rings. The number of hydrogen-bond donors (Lipinski definition) is 1. The second-order valence-electron chi connectivity index (χ2n) is 7.57. The molecule has 0 bridgehead atoms. The molecule has 2 fully saturated rings. The van der Waals surface area contributed by atoms with Gasteiger partial charge in [-0.2, -0.15) is 0 Å². The molecule has 1 amide bonds. The fourth-order valence-electron chi connectivity index (χ4n) is 4.16. The van der Waals surface area contributed by atoms with Crippen molar-refractivity contribution in [2.24, 2.45) is 5.92 Å². The SMILES string of the molecule is C=CC1CC(c2ccc(F)cc2)(C2C(=O)OC(C)(C)OC2=O)CCN1C(=O)O. The van der Waals surface area contributed by atoms with Crippen molar-refractivity contribution < 1.29 is 33.4 Å². The molecular weight excluding hydrogens is 369 g/mol. The molecule has 1 N–H and O–H groups in total. The van der Waals surface area contributed by atoms with Crippen LogP contribution in [0.1, 0.15) is 32.3 Å². The Morgan fingerprint density at radius 1 is 1.25 bits per heavy atom. The maximum atomic E-state index is 13.5. The van der Waals surface area contributed by atoms with Gasteiger partial charge in [0, 0.05) is 25.8 Å². The molecule has 7 nitrogen and oxygen atoms in total. The zero-order chi connectivity index (χ0) is 20.7. The van der Waals surface area contributed by atoms with E-state index in [1.54, 1.807) is 0 Å². The smallest absolute Gasteiger partial charge is 0.407 e. The maximum absolute atomic E-state index is 13.5. The minimum Gasteiger partial charge on any atom is -0.465 e. The summed E-state index contributed by atoms with van der Waals surface area (Å²) in [5.74, 6) is -4.61. The Balaban J connectivity index is 2.10. The Labute approximate surface area is 161 Å². The van der Waals surface area contributed by atoms with Crippen LogP contribution in [0.4, 0.5) is 9.18 Å². The standard InChI is InChI=1S/C20H22FNO6/c1-4-14-11-20(9-10-22(14)18(25)26,12-5-7-13(21)8-6-12)15-16(23)27-19(2,3)28-17(15)24/h4-8,14-15H,1,9-11H2,2-3H3,(H,25,26). The van der Waals surface area contributed by atoms with E-state index in [4.69, 9.17) is 9.47 Å². The third-order valence-corrected chi connectivity index (χ3v) is 5.43. The maximum Gasteiger partial charge on any atom is 0.407 e. The molecule has 2 heterocycles. The van der Waals surface area contributed by atoms with Crippen LogP contribution < -0.4 is 0 Å². The van der Waals surface area contributed by atoms with Crippen molar-refractivity contribution in [3.63, 3.8) is 0 Å². The highest BCUT2D eigenvalue weighted by Gasteiger charge is 2.57. The monoisotopic (exact) mass is 391 g/mol. The lowest BCUT2D eigenvalue weighted by atomic mass is 9.62. The van der Waals surface area contributed by atoms with E-state index in [0.717, 1.165) is 0 Å². The molecule has 8 heteroatoms. The van der Waals surface area contributed by atoms with Crippen molar-refractivity contribution >= 4 is 18.0 Å². The van der Waals surface area contributed by atoms with E-state index in [-0.39, 0.29) is 19.4 Å². The number of nitrogens with zero attached hydrogens (tertiary/aromatic N) is 1. The fourth-order valence-corrected chi connectivity index (χ4v) is 4.16. The Bertz CT molecular complexity index is 800. The Hall–Kier alpha value is -2.90. The average Bonchev–Trinajstić information content (AvgIpc) is 2.60. The first kappa shape index (κ1) is 19.9. The van der Waals surface area contributed by atoms with E-state index in [1.807, 2.05) is 0 Å². The van der Waals surface area contributed by atoms with Gasteiger partial charge in [-0.25, -0.2) is 9.18 Å². The number of hydrogen-bond acceptors (Lipinski definition) is 5. The van der Waals surface area contributed by atoms with Crippen molar-refractivity contribution in [1.29, 1.82) is 0 Å². The van der Waals surface area contributed by atoms with Crippen molar-refractivity contribution in [2.75, 3.05) is 6.54 Å². The first-order chi connectivity index (χ1) is 13.1. The quantitative estimate of drug-likeness (QED) is 0.484. The number of cyclic esters (lactones) is 2. The van der Waals surface area contributed by atoms with E-state index >= 15 is 0 Å². The minimum absolute atomic E-state index is 0.0733. The van der Waals surface area contributed by atoms with Gasteiger partial charge in [0.15, 0.2) is 5.92 Å². The van der Waals surface area contributed by atoms with Crippen LogP contribution in [0.5, 0.6) is 0 Å². The zero-order valence-electron chi connectivity index (χ0n) is 15.7. The molecule has 28 heavy (non-hydrogen) atoms. The lowest BCUT2D eigenvalue weighted by Gasteiger charge is -2.49. The number of carboxylic acid groups (broad SMARTS) is 1. The van der Waals surface area contributed by atoms with Crippen LogP contribution in [-0.2, 0) is 24.5 Å². The molecule has 2 aliphatic heterocycles. The van der Waals surface area contributed by atoms with Crippen molar-refractivity contribution in [1.82, 2.24) is 4.90 Å². The largest absolute Gasteiger partial charge is 0.465 e. The highest BCUT2D eigenvalue weighted by molar-refractivity contribution is 5.98. The first-order valence-corrected chi connectivity index (χ1v) is 8.93. The van der Waals surface area contributed by atoms with E-state index in [2.05, 4.69) is 6.58 Å². The normalized spacial score (nSPS) is 27.7. The number of esters is 2. The molecule has 1 aromatic carbocycles. The van der Waals surface area contributed by atoms with E-state index in [1.165, 1.54) is 49.1 Å². The van der Waals surface area contributed by atoms with Crippen LogP contribution in [0.3, 0.4) is 0 Å². The summed E-state index contributed by atoms with van der Waals surface area (Å²) in [4.78, 5) is 38.4. The number of ether oxygens (including phenoxy) is 2. The third kappa shape index (κ3) is 3.34. The number of likely N-dealkylation sites (tertiary alicyclic amines) is 1. The lowest BCUT2D eigenvalue weighted by Crippen LogP contribution is -2.59. The summed E-state index contributed by atoms with van der Waals surface area (Å²) in [5, 5.41) is 9.45. The van der Waals surface area contributed by atoms with Crippen LogP contribution in [0.2, 0.25) is 0 Å². The molecule has 3 rings (SSSR count). The topological polar surface area (TPSA) is 93.1 Å². The van der Waals surface area contributed by atoms with Crippen molar-refractivity contribution in [3.05, 3.63) is 48.3 Å². The summed E-state index contributed by atoms with van der Waals surface area (Å²) >= 11 is 0. The van der Waals surface area contributed by atoms with E-state index < -0.39 is 47.0 Å². The van der Waals surface area contributed by atoms with Gasteiger partial charge in [0.2, 0.25) is 0 Å². The van der Waals surface area contributed by atoms with Crippen LogP contribution in [0, 0.1) is 11.7 Å². The van der Waals surface area contributed by atoms with Gasteiger partial charge in [0.25, 0.3) is 5.79 Å². The van der Waals surface area contributed by atoms with Crippen molar-refractivity contribution in [3.8, 4) is 0 Å². The van der Waals surface area contributed by atoms with Crippen molar-refractivity contribution in [2.45, 2.75) is 43.9 Å². The van der Waals surface area contributed by atoms with Gasteiger partial charge in [0.1, 0.15) is 5.82 Å². The van der Waals surface area contributed by atoms with Gasteiger partial charge in [-0.1, -0.05) is 18.2 Å². The van der Waals surface area contributed by atoms with Gasteiger partial charge < -0.3 is 19.5 Å². The predicted octanol–water partition coefficient (Wildman–Crippen LogP) is 2.84. The van der Waals surface area contributed by atoms with Gasteiger partial charge >= 0.3 is 18.0 Å². The summed E-state index contributed by atoms with van der Waals surface area (Å²) in [6, 6.07) is 4.87.